The average molecular weight is 234 g/mol. The van der Waals surface area contributed by atoms with Crippen LogP contribution < -0.4 is 0 Å². The van der Waals surface area contributed by atoms with Gasteiger partial charge in [0.1, 0.15) is 13.5 Å². The molecule has 1 nitrogen and oxygen atoms in total. The maximum absolute atomic E-state index is 12.1. The predicted molar refractivity (Wildman–Crippen MR) is 72.8 cm³/mol. The van der Waals surface area contributed by atoms with Crippen molar-refractivity contribution < 1.29 is 4.79 Å². The van der Waals surface area contributed by atoms with Gasteiger partial charge in [-0.15, -0.1) is 0 Å². The highest BCUT2D eigenvalue weighted by Crippen LogP contribution is 2.23. The molecule has 0 saturated carbocycles. The second kappa shape index (κ2) is 4.17. The number of hydrogen-bond donors (Lipinski definition) is 0. The SMILES string of the molecule is CC(C)(C)c1ccc(C(=O)[Si](C)(C)C)cc1. The van der Waals surface area contributed by atoms with Crippen molar-refractivity contribution in [3.8, 4) is 0 Å². The lowest BCUT2D eigenvalue weighted by Gasteiger charge is -2.20. The zero-order chi connectivity index (χ0) is 12.6. The first kappa shape index (κ1) is 13.2. The highest BCUT2D eigenvalue weighted by molar-refractivity contribution is 7.05. The summed E-state index contributed by atoms with van der Waals surface area (Å²) in [7, 11) is -1.70. The highest BCUT2D eigenvalue weighted by atomic mass is 28.3. The van der Waals surface area contributed by atoms with Crippen molar-refractivity contribution in [3.05, 3.63) is 35.4 Å². The third kappa shape index (κ3) is 3.05. The minimum atomic E-state index is -1.70. The highest BCUT2D eigenvalue weighted by Gasteiger charge is 2.25. The van der Waals surface area contributed by atoms with E-state index in [0.29, 0.717) is 5.41 Å². The average Bonchev–Trinajstić information content (AvgIpc) is 2.14. The molecule has 0 heterocycles. The predicted octanol–water partition coefficient (Wildman–Crippen LogP) is 4.04. The summed E-state index contributed by atoms with van der Waals surface area (Å²) in [6, 6.07) is 8.10. The summed E-state index contributed by atoms with van der Waals surface area (Å²) in [5.41, 5.74) is 2.30. The normalized spacial score (nSPS) is 12.6. The van der Waals surface area contributed by atoms with Crippen LogP contribution in [0.5, 0.6) is 0 Å². The van der Waals surface area contributed by atoms with Crippen LogP contribution in [0.15, 0.2) is 24.3 Å². The van der Waals surface area contributed by atoms with Gasteiger partial charge in [0.15, 0.2) is 0 Å². The Labute approximate surface area is 99.9 Å². The molecule has 0 bridgehead atoms. The van der Waals surface area contributed by atoms with E-state index in [1.165, 1.54) is 5.56 Å². The standard InChI is InChI=1S/C14H22OSi/c1-14(2,3)12-9-7-11(8-10-12)13(15)16(4,5)6/h7-10H,1-6H3. The van der Waals surface area contributed by atoms with Gasteiger partial charge in [0.2, 0.25) is 0 Å². The van der Waals surface area contributed by atoms with E-state index in [4.69, 9.17) is 0 Å². The Kier molecular flexibility index (Phi) is 3.43. The monoisotopic (exact) mass is 234 g/mol. The fourth-order valence-electron chi connectivity index (χ4n) is 1.55. The van der Waals surface area contributed by atoms with Gasteiger partial charge < -0.3 is 4.79 Å². The maximum atomic E-state index is 12.1. The molecule has 2 heteroatoms. The van der Waals surface area contributed by atoms with Gasteiger partial charge in [0, 0.05) is 5.56 Å². The fraction of sp³-hybridized carbons (Fsp3) is 0.500. The molecule has 0 unspecified atom stereocenters. The van der Waals surface area contributed by atoms with E-state index < -0.39 is 8.07 Å². The van der Waals surface area contributed by atoms with E-state index in [1.807, 2.05) is 12.1 Å². The summed E-state index contributed by atoms with van der Waals surface area (Å²) >= 11 is 0. The van der Waals surface area contributed by atoms with E-state index >= 15 is 0 Å². The van der Waals surface area contributed by atoms with Crippen molar-refractivity contribution in [1.29, 1.82) is 0 Å². The lowest BCUT2D eigenvalue weighted by atomic mass is 9.87. The van der Waals surface area contributed by atoms with Crippen molar-refractivity contribution in [1.82, 2.24) is 0 Å². The van der Waals surface area contributed by atoms with Crippen molar-refractivity contribution >= 4 is 13.5 Å². The van der Waals surface area contributed by atoms with E-state index in [-0.39, 0.29) is 5.41 Å². The number of benzene rings is 1. The molecule has 0 N–H and O–H groups in total. The molecular formula is C14H22OSi. The Hall–Kier alpha value is -0.893. The smallest absolute Gasteiger partial charge is 0.139 e. The molecule has 0 aliphatic carbocycles. The number of hydrogen-bond acceptors (Lipinski definition) is 1. The third-order valence-corrected chi connectivity index (χ3v) is 4.35. The topological polar surface area (TPSA) is 17.1 Å². The molecule has 1 aromatic carbocycles. The first-order valence-electron chi connectivity index (χ1n) is 5.78. The number of carbonyl (C=O) groups is 1. The Morgan fingerprint density at radius 3 is 1.75 bits per heavy atom. The molecule has 16 heavy (non-hydrogen) atoms. The molecule has 0 fully saturated rings. The van der Waals surface area contributed by atoms with E-state index in [1.54, 1.807) is 0 Å². The minimum Gasteiger partial charge on any atom is -0.300 e. The van der Waals surface area contributed by atoms with Crippen molar-refractivity contribution in [2.24, 2.45) is 0 Å². The van der Waals surface area contributed by atoms with Crippen LogP contribution in [0.2, 0.25) is 19.6 Å². The zero-order valence-corrected chi connectivity index (χ0v) is 12.2. The molecule has 0 atom stereocenters. The zero-order valence-electron chi connectivity index (χ0n) is 11.2. The van der Waals surface area contributed by atoms with Crippen LogP contribution in [0.4, 0.5) is 0 Å². The molecule has 0 aromatic heterocycles. The molecule has 1 rings (SSSR count). The Morgan fingerprint density at radius 1 is 1.00 bits per heavy atom. The van der Waals surface area contributed by atoms with Crippen molar-refractivity contribution in [2.75, 3.05) is 0 Å². The molecule has 1 aromatic rings. The summed E-state index contributed by atoms with van der Waals surface area (Å²) < 4.78 is 0. The van der Waals surface area contributed by atoms with E-state index in [2.05, 4.69) is 52.5 Å². The first-order valence-corrected chi connectivity index (χ1v) is 9.28. The Morgan fingerprint density at radius 2 is 1.44 bits per heavy atom. The van der Waals surface area contributed by atoms with Gasteiger partial charge in [-0.3, -0.25) is 0 Å². The second-order valence-corrected chi connectivity index (χ2v) is 11.4. The van der Waals surface area contributed by atoms with Crippen LogP contribution in [0.25, 0.3) is 0 Å². The van der Waals surface area contributed by atoms with Crippen molar-refractivity contribution in [2.45, 2.75) is 45.8 Å². The minimum absolute atomic E-state index is 0.154. The molecule has 0 radical (unpaired) electrons. The van der Waals surface area contributed by atoms with E-state index in [9.17, 15) is 4.79 Å². The summed E-state index contributed by atoms with van der Waals surface area (Å²) in [5.74, 6) is 0. The van der Waals surface area contributed by atoms with Gasteiger partial charge in [-0.05, 0) is 11.0 Å². The van der Waals surface area contributed by atoms with Crippen LogP contribution in [0.3, 0.4) is 0 Å². The molecule has 0 aliphatic heterocycles. The summed E-state index contributed by atoms with van der Waals surface area (Å²) in [5, 5.41) is 0.341. The maximum Gasteiger partial charge on any atom is 0.139 e. The van der Waals surface area contributed by atoms with Gasteiger partial charge in [-0.1, -0.05) is 64.7 Å². The van der Waals surface area contributed by atoms with Crippen LogP contribution >= 0.6 is 0 Å². The Bertz CT molecular complexity index is 377. The van der Waals surface area contributed by atoms with Crippen LogP contribution in [0, 0.1) is 0 Å². The molecule has 0 amide bonds. The van der Waals surface area contributed by atoms with Crippen LogP contribution in [-0.2, 0) is 5.41 Å². The molecule has 0 spiro atoms. The van der Waals surface area contributed by atoms with Crippen LogP contribution in [-0.4, -0.2) is 13.5 Å². The van der Waals surface area contributed by atoms with E-state index in [0.717, 1.165) is 5.56 Å². The third-order valence-electron chi connectivity index (χ3n) is 2.69. The van der Waals surface area contributed by atoms with Gasteiger partial charge in [0.25, 0.3) is 0 Å². The lowest BCUT2D eigenvalue weighted by molar-refractivity contribution is 0.106. The molecular weight excluding hydrogens is 212 g/mol. The first-order chi connectivity index (χ1) is 7.12. The lowest BCUT2D eigenvalue weighted by Crippen LogP contribution is -2.33. The molecule has 0 saturated heterocycles. The quantitative estimate of drug-likeness (QED) is 0.706. The van der Waals surface area contributed by atoms with Gasteiger partial charge in [-0.25, -0.2) is 0 Å². The van der Waals surface area contributed by atoms with Crippen LogP contribution in [0.1, 0.15) is 36.7 Å². The summed E-state index contributed by atoms with van der Waals surface area (Å²) in [4.78, 5) is 12.1. The van der Waals surface area contributed by atoms with Gasteiger partial charge >= 0.3 is 0 Å². The summed E-state index contributed by atoms with van der Waals surface area (Å²) in [6.07, 6.45) is 0. The summed E-state index contributed by atoms with van der Waals surface area (Å²) in [6.45, 7) is 12.8. The molecule has 0 aliphatic rings. The van der Waals surface area contributed by atoms with Crippen molar-refractivity contribution in [3.63, 3.8) is 0 Å². The number of carbonyl (C=O) groups excluding carboxylic acids is 1. The van der Waals surface area contributed by atoms with Gasteiger partial charge in [-0.2, -0.15) is 0 Å². The molecule has 88 valence electrons. The number of rotatable bonds is 2. The van der Waals surface area contributed by atoms with Gasteiger partial charge in [0.05, 0.1) is 0 Å². The largest absolute Gasteiger partial charge is 0.300 e. The fourth-order valence-corrected chi connectivity index (χ4v) is 2.59. The second-order valence-electron chi connectivity index (χ2n) is 6.41. The Balaban J connectivity index is 3.01.